The second kappa shape index (κ2) is 21.1. The molecule has 0 N–H and O–H groups in total. The maximum Gasteiger partial charge on any atom is 0.291 e. The van der Waals surface area contributed by atoms with Gasteiger partial charge >= 0.3 is 0 Å². The van der Waals surface area contributed by atoms with Gasteiger partial charge in [0.2, 0.25) is 6.23 Å². The molecular formula is C28H60NO4+. The molecule has 0 aliphatic heterocycles. The Hall–Kier alpha value is -0.200. The molecule has 0 aliphatic rings. The molecule has 0 aromatic heterocycles. The molecule has 0 aliphatic carbocycles. The Bertz CT molecular complexity index is 375. The van der Waals surface area contributed by atoms with Crippen LogP contribution in [0.2, 0.25) is 0 Å². The van der Waals surface area contributed by atoms with E-state index in [1.807, 2.05) is 0 Å². The van der Waals surface area contributed by atoms with Crippen molar-refractivity contribution in [1.82, 2.24) is 0 Å². The molecule has 1 unspecified atom stereocenters. The van der Waals surface area contributed by atoms with E-state index in [-0.39, 0.29) is 6.23 Å². The molecule has 0 aromatic carbocycles. The number of rotatable bonds is 25. The Kier molecular flexibility index (Phi) is 21.0. The van der Waals surface area contributed by atoms with Crippen LogP contribution in [-0.4, -0.2) is 62.7 Å². The molecule has 1 atom stereocenters. The Morgan fingerprint density at radius 2 is 0.879 bits per heavy atom. The fourth-order valence-electron chi connectivity index (χ4n) is 4.51. The van der Waals surface area contributed by atoms with Crippen LogP contribution >= 0.6 is 0 Å². The number of nitrogens with zero attached hydrogens (tertiary/aromatic N) is 1. The smallest absolute Gasteiger partial charge is 0.291 e. The van der Waals surface area contributed by atoms with E-state index in [1.54, 1.807) is 0 Å². The zero-order chi connectivity index (χ0) is 24.8. The molecule has 0 amide bonds. The molecule has 0 bridgehead atoms. The molecule has 0 spiro atoms. The summed E-state index contributed by atoms with van der Waals surface area (Å²) in [7, 11) is 0. The van der Waals surface area contributed by atoms with Crippen molar-refractivity contribution in [3.05, 3.63) is 0 Å². The highest BCUT2D eigenvalue weighted by molar-refractivity contribution is 4.66. The maximum absolute atomic E-state index is 6.71. The maximum atomic E-state index is 6.71. The van der Waals surface area contributed by atoms with Crippen molar-refractivity contribution in [3.8, 4) is 0 Å². The highest BCUT2D eigenvalue weighted by Crippen LogP contribution is 2.31. The van der Waals surface area contributed by atoms with Crippen molar-refractivity contribution >= 4 is 0 Å². The summed E-state index contributed by atoms with van der Waals surface area (Å²) in [5.41, 5.74) is 0. The molecule has 200 valence electrons. The highest BCUT2D eigenvalue weighted by Gasteiger charge is 2.45. The van der Waals surface area contributed by atoms with Gasteiger partial charge in [0.25, 0.3) is 5.97 Å². The van der Waals surface area contributed by atoms with Crippen LogP contribution in [0.1, 0.15) is 126 Å². The van der Waals surface area contributed by atoms with Gasteiger partial charge in [-0.15, -0.1) is 0 Å². The van der Waals surface area contributed by atoms with Crippen LogP contribution in [0, 0.1) is 0 Å². The summed E-state index contributed by atoms with van der Waals surface area (Å²) < 4.78 is 27.2. The SMILES string of the molecule is CCCCOC(CC(OCCCC)(OCCCC)OCCCC)[N+](CCC)(CCC)CCC. The highest BCUT2D eigenvalue weighted by atomic mass is 16.9. The van der Waals surface area contributed by atoms with Crippen molar-refractivity contribution in [2.75, 3.05) is 46.1 Å². The van der Waals surface area contributed by atoms with Crippen molar-refractivity contribution in [2.24, 2.45) is 0 Å². The predicted molar refractivity (Wildman–Crippen MR) is 140 cm³/mol. The minimum atomic E-state index is -1.02. The standard InChI is InChI=1S/C28H60NO4/c1-8-15-22-30-27(29(19-12-5,20-13-6)21-14-7)26-28(31-23-16-9-2,32-24-17-10-3)33-25-18-11-4/h27H,8-26H2,1-7H3/q+1. The lowest BCUT2D eigenvalue weighted by molar-refractivity contribution is -0.974. The number of hydrogen-bond acceptors (Lipinski definition) is 4. The molecule has 5 nitrogen and oxygen atoms in total. The van der Waals surface area contributed by atoms with E-state index in [9.17, 15) is 0 Å². The fourth-order valence-corrected chi connectivity index (χ4v) is 4.51. The Morgan fingerprint density at radius 3 is 1.21 bits per heavy atom. The molecule has 0 radical (unpaired) electrons. The van der Waals surface area contributed by atoms with E-state index in [1.165, 1.54) is 0 Å². The fraction of sp³-hybridized carbons (Fsp3) is 1.00. The van der Waals surface area contributed by atoms with E-state index in [4.69, 9.17) is 18.9 Å². The van der Waals surface area contributed by atoms with Crippen LogP contribution in [0.3, 0.4) is 0 Å². The first-order valence-electron chi connectivity index (χ1n) is 14.4. The first-order chi connectivity index (χ1) is 16.0. The number of unbranched alkanes of at least 4 members (excludes halogenated alkanes) is 4. The van der Waals surface area contributed by atoms with E-state index >= 15 is 0 Å². The largest absolute Gasteiger partial charge is 0.329 e. The molecule has 0 aromatic rings. The van der Waals surface area contributed by atoms with Gasteiger partial charge in [0.05, 0.1) is 46.1 Å². The van der Waals surface area contributed by atoms with Crippen LogP contribution in [0.15, 0.2) is 0 Å². The van der Waals surface area contributed by atoms with Gasteiger partial charge in [-0.1, -0.05) is 74.1 Å². The summed E-state index contributed by atoms with van der Waals surface area (Å²) in [5.74, 6) is -1.02. The number of quaternary nitrogens is 1. The molecule has 33 heavy (non-hydrogen) atoms. The lowest BCUT2D eigenvalue weighted by Crippen LogP contribution is -2.61. The molecule has 0 fully saturated rings. The third-order valence-electron chi connectivity index (χ3n) is 6.31. The average molecular weight is 475 g/mol. The molecular weight excluding hydrogens is 414 g/mol. The van der Waals surface area contributed by atoms with Crippen molar-refractivity contribution in [1.29, 1.82) is 0 Å². The normalized spacial score (nSPS) is 13.5. The minimum absolute atomic E-state index is 0.0151. The van der Waals surface area contributed by atoms with Gasteiger partial charge in [-0.05, 0) is 44.9 Å². The minimum Gasteiger partial charge on any atom is -0.329 e. The van der Waals surface area contributed by atoms with Gasteiger partial charge in [0, 0.05) is 0 Å². The van der Waals surface area contributed by atoms with Gasteiger partial charge in [-0.3, -0.25) is 4.48 Å². The van der Waals surface area contributed by atoms with E-state index < -0.39 is 5.97 Å². The van der Waals surface area contributed by atoms with Gasteiger partial charge in [0.15, 0.2) is 0 Å². The lowest BCUT2D eigenvalue weighted by Gasteiger charge is -2.47. The van der Waals surface area contributed by atoms with Gasteiger partial charge in [0.1, 0.15) is 6.42 Å². The number of hydrogen-bond donors (Lipinski definition) is 0. The van der Waals surface area contributed by atoms with E-state index in [2.05, 4.69) is 48.5 Å². The van der Waals surface area contributed by atoms with Gasteiger partial charge in [-0.25, -0.2) is 0 Å². The van der Waals surface area contributed by atoms with Crippen LogP contribution in [0.5, 0.6) is 0 Å². The topological polar surface area (TPSA) is 36.9 Å². The second-order valence-corrected chi connectivity index (χ2v) is 9.56. The molecule has 5 heteroatoms. The zero-order valence-electron chi connectivity index (χ0n) is 23.6. The zero-order valence-corrected chi connectivity index (χ0v) is 23.6. The summed E-state index contributed by atoms with van der Waals surface area (Å²) in [5, 5.41) is 0. The van der Waals surface area contributed by atoms with E-state index in [0.29, 0.717) is 26.2 Å². The first-order valence-corrected chi connectivity index (χ1v) is 14.4. The monoisotopic (exact) mass is 474 g/mol. The van der Waals surface area contributed by atoms with E-state index in [0.717, 1.165) is 101 Å². The van der Waals surface area contributed by atoms with Gasteiger partial charge < -0.3 is 18.9 Å². The Labute approximate surface area is 207 Å². The quantitative estimate of drug-likeness (QED) is 0.0772. The Morgan fingerprint density at radius 1 is 0.515 bits per heavy atom. The predicted octanol–water partition coefficient (Wildman–Crippen LogP) is 7.67. The van der Waals surface area contributed by atoms with Crippen LogP contribution in [0.4, 0.5) is 0 Å². The van der Waals surface area contributed by atoms with Crippen molar-refractivity contribution in [3.63, 3.8) is 0 Å². The Balaban J connectivity index is 6.09. The molecule has 0 rings (SSSR count). The lowest BCUT2D eigenvalue weighted by atomic mass is 10.1. The third kappa shape index (κ3) is 13.5. The summed E-state index contributed by atoms with van der Waals surface area (Å²) in [6, 6.07) is 0. The summed E-state index contributed by atoms with van der Waals surface area (Å²) in [4.78, 5) is 0. The molecule has 0 saturated heterocycles. The summed E-state index contributed by atoms with van der Waals surface area (Å²) in [6.45, 7) is 21.8. The molecule has 0 heterocycles. The van der Waals surface area contributed by atoms with Crippen LogP contribution < -0.4 is 0 Å². The average Bonchev–Trinajstić information content (AvgIpc) is 2.79. The third-order valence-corrected chi connectivity index (χ3v) is 6.31. The van der Waals surface area contributed by atoms with Crippen LogP contribution in [0.25, 0.3) is 0 Å². The van der Waals surface area contributed by atoms with Crippen molar-refractivity contribution in [2.45, 2.75) is 138 Å². The van der Waals surface area contributed by atoms with Gasteiger partial charge in [-0.2, -0.15) is 0 Å². The second-order valence-electron chi connectivity index (χ2n) is 9.56. The van der Waals surface area contributed by atoms with Crippen LogP contribution in [-0.2, 0) is 18.9 Å². The first kappa shape index (κ1) is 32.8. The summed E-state index contributed by atoms with van der Waals surface area (Å²) >= 11 is 0. The van der Waals surface area contributed by atoms with Crippen molar-refractivity contribution < 1.29 is 23.4 Å². The molecule has 0 saturated carbocycles. The summed E-state index contributed by atoms with van der Waals surface area (Å²) in [6.07, 6.45) is 12.6. The number of ether oxygens (including phenoxy) is 4.